The van der Waals surface area contributed by atoms with Gasteiger partial charge in [-0.05, 0) is 0 Å². The largest absolute Gasteiger partial charge is 0.394 e. The second kappa shape index (κ2) is 5.21. The van der Waals surface area contributed by atoms with Crippen LogP contribution in [0.3, 0.4) is 0 Å². The van der Waals surface area contributed by atoms with Crippen LogP contribution in [0.2, 0.25) is 0 Å². The first-order valence-electron chi connectivity index (χ1n) is 3.69. The number of aromatic nitrogens is 1. The van der Waals surface area contributed by atoms with E-state index in [0.717, 1.165) is 4.88 Å². The van der Waals surface area contributed by atoms with E-state index in [1.165, 1.54) is 11.3 Å². The van der Waals surface area contributed by atoms with Crippen LogP contribution in [0.4, 0.5) is 0 Å². The summed E-state index contributed by atoms with van der Waals surface area (Å²) in [5, 5.41) is 8.53. The van der Waals surface area contributed by atoms with Crippen molar-refractivity contribution in [2.45, 2.75) is 6.10 Å². The van der Waals surface area contributed by atoms with E-state index in [2.05, 4.69) is 4.98 Å². The lowest BCUT2D eigenvalue weighted by molar-refractivity contribution is 0.0347. The fourth-order valence-electron chi connectivity index (χ4n) is 0.846. The van der Waals surface area contributed by atoms with Gasteiger partial charge in [-0.3, -0.25) is 4.98 Å². The van der Waals surface area contributed by atoms with Gasteiger partial charge in [0.15, 0.2) is 0 Å². The molecule has 0 bridgehead atoms. The minimum absolute atomic E-state index is 0.0231. The molecule has 0 radical (unpaired) electrons. The molecule has 0 aromatic carbocycles. The zero-order valence-corrected chi connectivity index (χ0v) is 7.46. The monoisotopic (exact) mass is 188 g/mol. The van der Waals surface area contributed by atoms with E-state index < -0.39 is 0 Å². The van der Waals surface area contributed by atoms with Gasteiger partial charge in [0.05, 0.1) is 23.6 Å². The van der Waals surface area contributed by atoms with Crippen molar-refractivity contribution in [3.63, 3.8) is 0 Å². The van der Waals surface area contributed by atoms with Gasteiger partial charge in [0, 0.05) is 12.7 Å². The Morgan fingerprint density at radius 3 is 3.08 bits per heavy atom. The van der Waals surface area contributed by atoms with Crippen molar-refractivity contribution in [2.24, 2.45) is 5.73 Å². The molecule has 1 atom stereocenters. The molecule has 1 aromatic heterocycles. The van der Waals surface area contributed by atoms with Gasteiger partial charge < -0.3 is 15.6 Å². The fourth-order valence-corrected chi connectivity index (χ4v) is 1.53. The number of hydrogen-bond acceptors (Lipinski definition) is 5. The number of rotatable bonds is 5. The second-order valence-corrected chi connectivity index (χ2v) is 3.14. The number of hydrogen-bond donors (Lipinski definition) is 2. The van der Waals surface area contributed by atoms with Crippen LogP contribution >= 0.6 is 11.3 Å². The van der Waals surface area contributed by atoms with Gasteiger partial charge in [0.2, 0.25) is 0 Å². The summed E-state index contributed by atoms with van der Waals surface area (Å²) in [5.41, 5.74) is 7.21. The van der Waals surface area contributed by atoms with Crippen LogP contribution in [0.1, 0.15) is 11.0 Å². The smallest absolute Gasteiger partial charge is 0.106 e. The third-order valence-corrected chi connectivity index (χ3v) is 2.26. The summed E-state index contributed by atoms with van der Waals surface area (Å²) >= 11 is 1.51. The molecule has 0 amide bonds. The van der Waals surface area contributed by atoms with Crippen LogP contribution in [0.5, 0.6) is 0 Å². The zero-order valence-electron chi connectivity index (χ0n) is 6.64. The quantitative estimate of drug-likeness (QED) is 0.690. The molecule has 1 unspecified atom stereocenters. The average Bonchev–Trinajstić information content (AvgIpc) is 2.59. The van der Waals surface area contributed by atoms with Crippen molar-refractivity contribution in [2.75, 3.05) is 19.8 Å². The lowest BCUT2D eigenvalue weighted by Crippen LogP contribution is -2.16. The Hall–Kier alpha value is -0.490. The number of ether oxygens (including phenoxy) is 1. The molecule has 0 aliphatic rings. The molecule has 68 valence electrons. The molecule has 3 N–H and O–H groups in total. The van der Waals surface area contributed by atoms with E-state index in [4.69, 9.17) is 15.6 Å². The predicted molar refractivity (Wildman–Crippen MR) is 46.9 cm³/mol. The standard InChI is InChI=1S/C7H12N2O2S/c8-3-6(11-2-1-10)7-4-9-5-12-7/h4-6,10H,1-3,8H2. The fraction of sp³-hybridized carbons (Fsp3) is 0.571. The van der Waals surface area contributed by atoms with Crippen molar-refractivity contribution in [3.05, 3.63) is 16.6 Å². The Balaban J connectivity index is 2.45. The van der Waals surface area contributed by atoms with E-state index in [-0.39, 0.29) is 12.7 Å². The van der Waals surface area contributed by atoms with Gasteiger partial charge in [-0.15, -0.1) is 11.3 Å². The SMILES string of the molecule is NCC(OCCO)c1cncs1. The highest BCUT2D eigenvalue weighted by Crippen LogP contribution is 2.19. The Morgan fingerprint density at radius 2 is 2.58 bits per heavy atom. The molecule has 5 heteroatoms. The van der Waals surface area contributed by atoms with E-state index in [1.807, 2.05) is 0 Å². The highest BCUT2D eigenvalue weighted by molar-refractivity contribution is 7.09. The van der Waals surface area contributed by atoms with Gasteiger partial charge in [-0.25, -0.2) is 0 Å². The lowest BCUT2D eigenvalue weighted by atomic mass is 10.3. The first kappa shape index (κ1) is 9.60. The Bertz CT molecular complexity index is 203. The van der Waals surface area contributed by atoms with Crippen LogP contribution in [0.15, 0.2) is 11.7 Å². The van der Waals surface area contributed by atoms with E-state index in [0.29, 0.717) is 13.2 Å². The summed E-state index contributed by atoms with van der Waals surface area (Å²) < 4.78 is 5.28. The normalized spacial score (nSPS) is 13.2. The third-order valence-electron chi connectivity index (χ3n) is 1.39. The Labute approximate surface area is 75.0 Å². The van der Waals surface area contributed by atoms with Crippen LogP contribution in [-0.2, 0) is 4.74 Å². The topological polar surface area (TPSA) is 68.4 Å². The van der Waals surface area contributed by atoms with Crippen LogP contribution in [0, 0.1) is 0 Å². The van der Waals surface area contributed by atoms with E-state index >= 15 is 0 Å². The van der Waals surface area contributed by atoms with Crippen molar-refractivity contribution < 1.29 is 9.84 Å². The maximum Gasteiger partial charge on any atom is 0.106 e. The number of nitrogens with zero attached hydrogens (tertiary/aromatic N) is 1. The molecule has 0 saturated carbocycles. The summed E-state index contributed by atoms with van der Waals surface area (Å²) in [6, 6.07) is 0. The number of aliphatic hydroxyl groups is 1. The molecule has 0 saturated heterocycles. The average molecular weight is 188 g/mol. The number of thiazole rings is 1. The van der Waals surface area contributed by atoms with Crippen molar-refractivity contribution >= 4 is 11.3 Å². The minimum Gasteiger partial charge on any atom is -0.394 e. The molecule has 0 spiro atoms. The maximum absolute atomic E-state index is 8.53. The van der Waals surface area contributed by atoms with Crippen molar-refractivity contribution in [1.82, 2.24) is 4.98 Å². The van der Waals surface area contributed by atoms with Crippen LogP contribution < -0.4 is 5.73 Å². The summed E-state index contributed by atoms with van der Waals surface area (Å²) in [6.45, 7) is 0.761. The summed E-state index contributed by atoms with van der Waals surface area (Å²) in [4.78, 5) is 4.93. The third kappa shape index (κ3) is 2.53. The van der Waals surface area contributed by atoms with Gasteiger partial charge >= 0.3 is 0 Å². The molecule has 4 nitrogen and oxygen atoms in total. The van der Waals surface area contributed by atoms with Crippen LogP contribution in [0.25, 0.3) is 0 Å². The molecule has 1 rings (SSSR count). The van der Waals surface area contributed by atoms with Crippen LogP contribution in [-0.4, -0.2) is 29.8 Å². The zero-order chi connectivity index (χ0) is 8.81. The summed E-state index contributed by atoms with van der Waals surface area (Å²) in [6.07, 6.45) is 1.61. The highest BCUT2D eigenvalue weighted by atomic mass is 32.1. The van der Waals surface area contributed by atoms with Gasteiger partial charge in [-0.2, -0.15) is 0 Å². The minimum atomic E-state index is -0.121. The van der Waals surface area contributed by atoms with E-state index in [9.17, 15) is 0 Å². The second-order valence-electron chi connectivity index (χ2n) is 2.22. The lowest BCUT2D eigenvalue weighted by Gasteiger charge is -2.12. The molecular weight excluding hydrogens is 176 g/mol. The summed E-state index contributed by atoms with van der Waals surface area (Å²) in [5.74, 6) is 0. The highest BCUT2D eigenvalue weighted by Gasteiger charge is 2.10. The first-order chi connectivity index (χ1) is 5.88. The number of aliphatic hydroxyl groups excluding tert-OH is 1. The molecule has 0 aliphatic carbocycles. The Kier molecular flexibility index (Phi) is 4.16. The van der Waals surface area contributed by atoms with Crippen molar-refractivity contribution in [1.29, 1.82) is 0 Å². The summed E-state index contributed by atoms with van der Waals surface area (Å²) in [7, 11) is 0. The molecule has 0 aliphatic heterocycles. The molecule has 12 heavy (non-hydrogen) atoms. The molecule has 0 fully saturated rings. The molecule has 1 aromatic rings. The van der Waals surface area contributed by atoms with Crippen molar-refractivity contribution in [3.8, 4) is 0 Å². The predicted octanol–water partition coefficient (Wildman–Crippen LogP) is 0.152. The number of nitrogens with two attached hydrogens (primary N) is 1. The van der Waals surface area contributed by atoms with Gasteiger partial charge in [-0.1, -0.05) is 0 Å². The van der Waals surface area contributed by atoms with E-state index in [1.54, 1.807) is 11.7 Å². The first-order valence-corrected chi connectivity index (χ1v) is 4.57. The Morgan fingerprint density at radius 1 is 1.75 bits per heavy atom. The van der Waals surface area contributed by atoms with Gasteiger partial charge in [0.25, 0.3) is 0 Å². The molecule has 1 heterocycles. The molecular formula is C7H12N2O2S. The maximum atomic E-state index is 8.53. The van der Waals surface area contributed by atoms with Gasteiger partial charge in [0.1, 0.15) is 6.10 Å².